The number of anilines is 2. The van der Waals surface area contributed by atoms with E-state index in [0.29, 0.717) is 15.5 Å². The van der Waals surface area contributed by atoms with E-state index in [-0.39, 0.29) is 5.56 Å². The predicted octanol–water partition coefficient (Wildman–Crippen LogP) is 2.83. The van der Waals surface area contributed by atoms with Gasteiger partial charge in [0.05, 0.1) is 0 Å². The Bertz CT molecular complexity index is 602. The maximum absolute atomic E-state index is 11.5. The van der Waals surface area contributed by atoms with Crippen LogP contribution in [0.15, 0.2) is 35.3 Å². The summed E-state index contributed by atoms with van der Waals surface area (Å²) in [6.07, 6.45) is 1.52. The number of benzene rings is 1. The molecule has 6 heteroatoms. The lowest BCUT2D eigenvalue weighted by Gasteiger charge is -2.04. The minimum absolute atomic E-state index is 0.265. The molecule has 82 valence electrons. The number of aromatic nitrogens is 2. The van der Waals surface area contributed by atoms with Crippen molar-refractivity contribution in [3.8, 4) is 0 Å². The van der Waals surface area contributed by atoms with E-state index in [1.165, 1.54) is 6.20 Å². The van der Waals surface area contributed by atoms with Crippen molar-refractivity contribution in [1.29, 1.82) is 0 Å². The van der Waals surface area contributed by atoms with E-state index in [0.717, 1.165) is 5.69 Å². The van der Waals surface area contributed by atoms with Gasteiger partial charge in [-0.05, 0) is 36.5 Å². The van der Waals surface area contributed by atoms with Gasteiger partial charge in [0.15, 0.2) is 4.77 Å². The number of nitrogens with one attached hydrogen (secondary N) is 3. The zero-order valence-corrected chi connectivity index (χ0v) is 9.65. The summed E-state index contributed by atoms with van der Waals surface area (Å²) >= 11 is 10.5. The molecule has 4 nitrogen and oxygen atoms in total. The Morgan fingerprint density at radius 3 is 2.56 bits per heavy atom. The molecule has 0 aliphatic carbocycles. The van der Waals surface area contributed by atoms with Crippen LogP contribution in [0, 0.1) is 4.77 Å². The van der Waals surface area contributed by atoms with E-state index in [1.807, 2.05) is 0 Å². The third kappa shape index (κ3) is 2.50. The highest BCUT2D eigenvalue weighted by Crippen LogP contribution is 2.15. The second-order valence-electron chi connectivity index (χ2n) is 3.12. The normalized spacial score (nSPS) is 10.1. The molecular weight excluding hydrogens is 246 g/mol. The average molecular weight is 254 g/mol. The molecule has 0 saturated heterocycles. The summed E-state index contributed by atoms with van der Waals surface area (Å²) in [6.45, 7) is 0. The quantitative estimate of drug-likeness (QED) is 0.722. The van der Waals surface area contributed by atoms with E-state index in [1.54, 1.807) is 24.3 Å². The van der Waals surface area contributed by atoms with Crippen molar-refractivity contribution in [3.63, 3.8) is 0 Å². The van der Waals surface area contributed by atoms with E-state index < -0.39 is 0 Å². The Morgan fingerprint density at radius 1 is 1.25 bits per heavy atom. The maximum atomic E-state index is 11.5. The molecule has 16 heavy (non-hydrogen) atoms. The summed E-state index contributed by atoms with van der Waals surface area (Å²) in [7, 11) is 0. The average Bonchev–Trinajstić information content (AvgIpc) is 2.25. The largest absolute Gasteiger partial charge is 0.350 e. The summed E-state index contributed by atoms with van der Waals surface area (Å²) in [4.78, 5) is 16.7. The van der Waals surface area contributed by atoms with Crippen LogP contribution >= 0.6 is 23.8 Å². The minimum Gasteiger partial charge on any atom is -0.350 e. The fourth-order valence-corrected chi connectivity index (χ4v) is 1.47. The molecule has 1 aromatic carbocycles. The third-order valence-corrected chi connectivity index (χ3v) is 2.41. The van der Waals surface area contributed by atoms with Gasteiger partial charge in [-0.1, -0.05) is 11.6 Å². The Kier molecular flexibility index (Phi) is 3.07. The molecule has 0 radical (unpaired) electrons. The molecule has 0 aliphatic rings. The minimum atomic E-state index is -0.265. The van der Waals surface area contributed by atoms with Crippen molar-refractivity contribution >= 4 is 35.2 Å². The first-order valence-corrected chi connectivity index (χ1v) is 5.28. The number of rotatable bonds is 2. The van der Waals surface area contributed by atoms with Crippen LogP contribution in [0.25, 0.3) is 0 Å². The summed E-state index contributed by atoms with van der Waals surface area (Å²) in [5.74, 6) is 0. The monoisotopic (exact) mass is 253 g/mol. The van der Waals surface area contributed by atoms with Gasteiger partial charge in [-0.2, -0.15) is 0 Å². The molecule has 0 fully saturated rings. The highest BCUT2D eigenvalue weighted by atomic mass is 35.5. The lowest BCUT2D eigenvalue weighted by atomic mass is 10.3. The van der Waals surface area contributed by atoms with Crippen LogP contribution in [0.4, 0.5) is 11.4 Å². The van der Waals surface area contributed by atoms with E-state index >= 15 is 0 Å². The van der Waals surface area contributed by atoms with Crippen molar-refractivity contribution in [1.82, 2.24) is 9.97 Å². The molecule has 0 unspecified atom stereocenters. The van der Waals surface area contributed by atoms with Crippen molar-refractivity contribution in [2.45, 2.75) is 0 Å². The van der Waals surface area contributed by atoms with E-state index in [4.69, 9.17) is 23.8 Å². The second kappa shape index (κ2) is 4.51. The van der Waals surface area contributed by atoms with Gasteiger partial charge >= 0.3 is 0 Å². The van der Waals surface area contributed by atoms with Crippen LogP contribution in [-0.4, -0.2) is 9.97 Å². The summed E-state index contributed by atoms with van der Waals surface area (Å²) in [6, 6.07) is 7.04. The van der Waals surface area contributed by atoms with Crippen LogP contribution in [0.1, 0.15) is 0 Å². The van der Waals surface area contributed by atoms with Gasteiger partial charge in [0, 0.05) is 16.9 Å². The Balaban J connectivity index is 2.30. The first-order chi connectivity index (χ1) is 7.65. The molecule has 1 heterocycles. The molecule has 0 saturated carbocycles. The van der Waals surface area contributed by atoms with Crippen molar-refractivity contribution < 1.29 is 0 Å². The number of hydrogen-bond acceptors (Lipinski definition) is 3. The van der Waals surface area contributed by atoms with Gasteiger partial charge in [0.2, 0.25) is 0 Å². The van der Waals surface area contributed by atoms with Gasteiger partial charge in [0.1, 0.15) is 5.69 Å². The maximum Gasteiger partial charge on any atom is 0.275 e. The highest BCUT2D eigenvalue weighted by molar-refractivity contribution is 7.71. The van der Waals surface area contributed by atoms with Crippen LogP contribution in [0.5, 0.6) is 0 Å². The molecule has 0 bridgehead atoms. The van der Waals surface area contributed by atoms with Crippen molar-refractivity contribution in [2.24, 2.45) is 0 Å². The van der Waals surface area contributed by atoms with Gasteiger partial charge in [-0.15, -0.1) is 0 Å². The SMILES string of the molecule is O=c1[nH]c(=S)[nH]cc1Nc1ccc(Cl)cc1. The topological polar surface area (TPSA) is 60.7 Å². The molecule has 3 N–H and O–H groups in total. The first kappa shape index (κ1) is 10.9. The van der Waals surface area contributed by atoms with Crippen LogP contribution in [0.3, 0.4) is 0 Å². The molecule has 0 atom stereocenters. The molecule has 2 aromatic rings. The molecule has 0 amide bonds. The standard InChI is InChI=1S/C10H8ClN3OS/c11-6-1-3-7(4-2-6)13-8-5-12-10(16)14-9(8)15/h1-5,13H,(H2,12,14,15,16). The first-order valence-electron chi connectivity index (χ1n) is 4.50. The number of aromatic amines is 2. The van der Waals surface area contributed by atoms with Crippen molar-refractivity contribution in [2.75, 3.05) is 5.32 Å². The van der Waals surface area contributed by atoms with Crippen LogP contribution in [-0.2, 0) is 0 Å². The Morgan fingerprint density at radius 2 is 1.94 bits per heavy atom. The lowest BCUT2D eigenvalue weighted by molar-refractivity contribution is 1.09. The molecule has 2 rings (SSSR count). The summed E-state index contributed by atoms with van der Waals surface area (Å²) in [5.41, 5.74) is 0.912. The fourth-order valence-electron chi connectivity index (χ4n) is 1.19. The summed E-state index contributed by atoms with van der Waals surface area (Å²) < 4.78 is 0.298. The van der Waals surface area contributed by atoms with Crippen LogP contribution in [0.2, 0.25) is 5.02 Å². The van der Waals surface area contributed by atoms with Gasteiger partial charge in [-0.25, -0.2) is 0 Å². The fraction of sp³-hybridized carbons (Fsp3) is 0. The second-order valence-corrected chi connectivity index (χ2v) is 3.96. The lowest BCUT2D eigenvalue weighted by Crippen LogP contribution is -2.12. The number of H-pyrrole nitrogens is 2. The van der Waals surface area contributed by atoms with Gasteiger partial charge in [0.25, 0.3) is 5.56 Å². The van der Waals surface area contributed by atoms with Crippen LogP contribution < -0.4 is 10.9 Å². The predicted molar refractivity (Wildman–Crippen MR) is 67.0 cm³/mol. The molecule has 1 aromatic heterocycles. The number of hydrogen-bond donors (Lipinski definition) is 3. The third-order valence-electron chi connectivity index (χ3n) is 1.94. The Labute approximate surface area is 101 Å². The zero-order valence-electron chi connectivity index (χ0n) is 8.08. The van der Waals surface area contributed by atoms with E-state index in [2.05, 4.69) is 15.3 Å². The van der Waals surface area contributed by atoms with Crippen molar-refractivity contribution in [3.05, 3.63) is 50.6 Å². The Hall–Kier alpha value is -1.59. The molecular formula is C10H8ClN3OS. The van der Waals surface area contributed by atoms with Gasteiger partial charge in [-0.3, -0.25) is 9.78 Å². The molecule has 0 spiro atoms. The van der Waals surface area contributed by atoms with Gasteiger partial charge < -0.3 is 10.3 Å². The zero-order chi connectivity index (χ0) is 11.5. The molecule has 0 aliphatic heterocycles. The highest BCUT2D eigenvalue weighted by Gasteiger charge is 1.99. The smallest absolute Gasteiger partial charge is 0.275 e. The van der Waals surface area contributed by atoms with E-state index in [9.17, 15) is 4.79 Å². The summed E-state index contributed by atoms with van der Waals surface area (Å²) in [5, 5.41) is 3.59. The number of halogens is 1.